The second-order valence-electron chi connectivity index (χ2n) is 4.94. The Hall–Kier alpha value is -1.40. The molecule has 1 atom stereocenters. The van der Waals surface area contributed by atoms with Crippen LogP contribution in [0.25, 0.3) is 0 Å². The van der Waals surface area contributed by atoms with E-state index in [0.717, 1.165) is 25.5 Å². The summed E-state index contributed by atoms with van der Waals surface area (Å²) in [6.45, 7) is 5.79. The van der Waals surface area contributed by atoms with Gasteiger partial charge in [-0.15, -0.1) is 0 Å². The molecule has 1 aromatic heterocycles. The molecule has 0 aromatic carbocycles. The van der Waals surface area contributed by atoms with Crippen molar-refractivity contribution in [1.29, 1.82) is 0 Å². The number of hydrogen-bond donors (Lipinski definition) is 0. The maximum absolute atomic E-state index is 12.0. The zero-order valence-corrected chi connectivity index (χ0v) is 11.9. The monoisotopic (exact) mass is 266 g/mol. The first kappa shape index (κ1) is 14.0. The molecule has 0 saturated carbocycles. The number of methoxy groups -OCH3 is 1. The number of nitrogens with zero attached hydrogens (tertiary/aromatic N) is 4. The average molecular weight is 266 g/mol. The van der Waals surface area contributed by atoms with Crippen LogP contribution in [0.3, 0.4) is 0 Å². The summed E-state index contributed by atoms with van der Waals surface area (Å²) in [4.78, 5) is 20.3. The van der Waals surface area contributed by atoms with Gasteiger partial charge in [0.05, 0.1) is 19.2 Å². The van der Waals surface area contributed by atoms with E-state index in [2.05, 4.69) is 14.5 Å². The number of aromatic nitrogens is 2. The molecule has 0 aliphatic carbocycles. The van der Waals surface area contributed by atoms with E-state index in [-0.39, 0.29) is 11.9 Å². The Morgan fingerprint density at radius 3 is 3.00 bits per heavy atom. The summed E-state index contributed by atoms with van der Waals surface area (Å²) in [5.41, 5.74) is 0. The van der Waals surface area contributed by atoms with Crippen LogP contribution in [0.5, 0.6) is 0 Å². The summed E-state index contributed by atoms with van der Waals surface area (Å²) in [6, 6.07) is -0.0775. The highest BCUT2D eigenvalue weighted by Crippen LogP contribution is 2.13. The van der Waals surface area contributed by atoms with Gasteiger partial charge in [-0.25, -0.2) is 4.98 Å². The number of rotatable bonds is 5. The average Bonchev–Trinajstić information content (AvgIpc) is 2.84. The standard InChI is InChI=1S/C13H22N4O2/c1-11-13(18)15(2)6-7-17(11)10-12-14-4-5-16(12)8-9-19-3/h4-5,11H,6-10H2,1-3H3/t11-/m1/s1. The van der Waals surface area contributed by atoms with E-state index in [9.17, 15) is 4.79 Å². The highest BCUT2D eigenvalue weighted by Gasteiger charge is 2.29. The van der Waals surface area contributed by atoms with Gasteiger partial charge in [-0.05, 0) is 6.92 Å². The number of imidazole rings is 1. The number of hydrogen-bond acceptors (Lipinski definition) is 4. The van der Waals surface area contributed by atoms with Crippen LogP contribution in [0.15, 0.2) is 12.4 Å². The lowest BCUT2D eigenvalue weighted by Crippen LogP contribution is -2.54. The fraction of sp³-hybridized carbons (Fsp3) is 0.692. The van der Waals surface area contributed by atoms with E-state index in [1.54, 1.807) is 18.2 Å². The number of likely N-dealkylation sites (N-methyl/N-ethyl adjacent to an activating group) is 1. The normalized spacial score (nSPS) is 21.1. The molecule has 106 valence electrons. The van der Waals surface area contributed by atoms with Crippen LogP contribution in [-0.4, -0.2) is 65.2 Å². The predicted octanol–water partition coefficient (Wildman–Crippen LogP) is 0.192. The Balaban J connectivity index is 2.01. The molecule has 0 bridgehead atoms. The minimum absolute atomic E-state index is 0.0775. The van der Waals surface area contributed by atoms with Gasteiger partial charge in [-0.3, -0.25) is 9.69 Å². The van der Waals surface area contributed by atoms with E-state index < -0.39 is 0 Å². The molecule has 1 aliphatic rings. The van der Waals surface area contributed by atoms with Gasteiger partial charge < -0.3 is 14.2 Å². The molecule has 1 fully saturated rings. The predicted molar refractivity (Wildman–Crippen MR) is 71.6 cm³/mol. The molecule has 6 nitrogen and oxygen atoms in total. The first-order chi connectivity index (χ1) is 9.13. The van der Waals surface area contributed by atoms with Crippen LogP contribution in [0.1, 0.15) is 12.7 Å². The van der Waals surface area contributed by atoms with Crippen molar-refractivity contribution in [3.8, 4) is 0 Å². The zero-order chi connectivity index (χ0) is 13.8. The fourth-order valence-corrected chi connectivity index (χ4v) is 2.34. The van der Waals surface area contributed by atoms with Crippen LogP contribution >= 0.6 is 0 Å². The highest BCUT2D eigenvalue weighted by atomic mass is 16.5. The molecule has 6 heteroatoms. The Bertz CT molecular complexity index is 432. The molecular formula is C13H22N4O2. The molecule has 1 aromatic rings. The first-order valence-electron chi connectivity index (χ1n) is 6.61. The van der Waals surface area contributed by atoms with Crippen molar-refractivity contribution in [2.24, 2.45) is 0 Å². The van der Waals surface area contributed by atoms with Gasteiger partial charge in [0, 0.05) is 46.2 Å². The summed E-state index contributed by atoms with van der Waals surface area (Å²) in [7, 11) is 3.55. The van der Waals surface area contributed by atoms with Gasteiger partial charge in [0.25, 0.3) is 0 Å². The minimum Gasteiger partial charge on any atom is -0.383 e. The minimum atomic E-state index is -0.0775. The molecule has 0 spiro atoms. The molecule has 0 radical (unpaired) electrons. The lowest BCUT2D eigenvalue weighted by molar-refractivity contribution is -0.139. The van der Waals surface area contributed by atoms with Crippen molar-refractivity contribution in [3.05, 3.63) is 18.2 Å². The molecule has 1 aliphatic heterocycles. The van der Waals surface area contributed by atoms with Gasteiger partial charge in [0.1, 0.15) is 5.82 Å². The van der Waals surface area contributed by atoms with E-state index in [4.69, 9.17) is 4.74 Å². The van der Waals surface area contributed by atoms with Crippen LogP contribution < -0.4 is 0 Å². The smallest absolute Gasteiger partial charge is 0.239 e. The van der Waals surface area contributed by atoms with Crippen LogP contribution in [0.4, 0.5) is 0 Å². The third-order valence-corrected chi connectivity index (χ3v) is 3.69. The van der Waals surface area contributed by atoms with Crippen molar-refractivity contribution < 1.29 is 9.53 Å². The largest absolute Gasteiger partial charge is 0.383 e. The first-order valence-corrected chi connectivity index (χ1v) is 6.61. The number of carbonyl (C=O) groups excluding carboxylic acids is 1. The maximum Gasteiger partial charge on any atom is 0.239 e. The fourth-order valence-electron chi connectivity index (χ4n) is 2.34. The number of carbonyl (C=O) groups is 1. The topological polar surface area (TPSA) is 50.6 Å². The second kappa shape index (κ2) is 6.16. The Kier molecular flexibility index (Phi) is 4.55. The molecule has 0 unspecified atom stereocenters. The SMILES string of the molecule is COCCn1ccnc1CN1CCN(C)C(=O)[C@H]1C. The van der Waals surface area contributed by atoms with Crippen LogP contribution in [-0.2, 0) is 22.6 Å². The molecule has 0 N–H and O–H groups in total. The van der Waals surface area contributed by atoms with Crippen LogP contribution in [0.2, 0.25) is 0 Å². The van der Waals surface area contributed by atoms with E-state index in [1.807, 2.05) is 20.2 Å². The summed E-state index contributed by atoms with van der Waals surface area (Å²) in [6.07, 6.45) is 3.75. The van der Waals surface area contributed by atoms with Crippen molar-refractivity contribution in [2.75, 3.05) is 33.9 Å². The molecule has 1 saturated heterocycles. The Morgan fingerprint density at radius 1 is 1.47 bits per heavy atom. The van der Waals surface area contributed by atoms with Gasteiger partial charge in [-0.1, -0.05) is 0 Å². The number of ether oxygens (including phenoxy) is 1. The summed E-state index contributed by atoms with van der Waals surface area (Å²) >= 11 is 0. The van der Waals surface area contributed by atoms with E-state index in [1.165, 1.54) is 0 Å². The molecule has 19 heavy (non-hydrogen) atoms. The number of piperazine rings is 1. The maximum atomic E-state index is 12.0. The van der Waals surface area contributed by atoms with E-state index in [0.29, 0.717) is 13.2 Å². The Labute approximate surface area is 114 Å². The van der Waals surface area contributed by atoms with Gasteiger partial charge in [0.2, 0.25) is 5.91 Å². The highest BCUT2D eigenvalue weighted by molar-refractivity contribution is 5.81. The third-order valence-electron chi connectivity index (χ3n) is 3.69. The zero-order valence-electron chi connectivity index (χ0n) is 11.9. The second-order valence-corrected chi connectivity index (χ2v) is 4.94. The summed E-state index contributed by atoms with van der Waals surface area (Å²) in [5.74, 6) is 1.17. The quantitative estimate of drug-likeness (QED) is 0.763. The van der Waals surface area contributed by atoms with Gasteiger partial charge in [0.15, 0.2) is 0 Å². The van der Waals surface area contributed by atoms with Gasteiger partial charge in [-0.2, -0.15) is 0 Å². The van der Waals surface area contributed by atoms with Crippen molar-refractivity contribution in [2.45, 2.75) is 26.1 Å². The van der Waals surface area contributed by atoms with Crippen molar-refractivity contribution >= 4 is 5.91 Å². The molecule has 2 heterocycles. The van der Waals surface area contributed by atoms with Crippen LogP contribution in [0, 0.1) is 0 Å². The van der Waals surface area contributed by atoms with E-state index >= 15 is 0 Å². The Morgan fingerprint density at radius 2 is 2.26 bits per heavy atom. The molecule has 2 rings (SSSR count). The molecule has 1 amide bonds. The summed E-state index contributed by atoms with van der Waals surface area (Å²) < 4.78 is 7.17. The van der Waals surface area contributed by atoms with Crippen molar-refractivity contribution in [1.82, 2.24) is 19.4 Å². The van der Waals surface area contributed by atoms with Gasteiger partial charge >= 0.3 is 0 Å². The summed E-state index contributed by atoms with van der Waals surface area (Å²) in [5, 5.41) is 0. The van der Waals surface area contributed by atoms with Crippen molar-refractivity contribution in [3.63, 3.8) is 0 Å². The molecular weight excluding hydrogens is 244 g/mol. The third kappa shape index (κ3) is 3.13. The lowest BCUT2D eigenvalue weighted by atomic mass is 10.2. The lowest BCUT2D eigenvalue weighted by Gasteiger charge is -2.37. The number of amides is 1.